The summed E-state index contributed by atoms with van der Waals surface area (Å²) in [4.78, 5) is 19.0. The topological polar surface area (TPSA) is 35.6 Å². The smallest absolute Gasteiger partial charge is 0.151 e. The average molecular weight is 1070 g/mol. The van der Waals surface area contributed by atoms with Crippen LogP contribution in [0.3, 0.4) is 0 Å². The van der Waals surface area contributed by atoms with Crippen LogP contribution < -0.4 is 0 Å². The van der Waals surface area contributed by atoms with E-state index >= 15 is 0 Å². The SMILES string of the molecule is CCCCCCCCCCCCn1c(-c2ccc(-c3ccc(-c4ccc(-c5nc6c7cccc8ccc9cccc(c9c87)c6n5CCCCCCCCCCCC)s4)s3)s2)nc2c3cccc4ccc5cccc(c5c43)c21. The summed E-state index contributed by atoms with van der Waals surface area (Å²) in [6.07, 6.45) is 26.6. The lowest BCUT2D eigenvalue weighted by atomic mass is 9.93. The number of hydrogen-bond acceptors (Lipinski definition) is 5. The standard InChI is InChI=1S/C70H72N4S3/c1-3-5-7-9-11-13-15-17-19-21-45-73-67-53-33-25-29-49-37-35-47-27-23-31-51(61(47)63(49)53)65(67)71-69(73)59-43-41-57(76-59)55-39-40-56(75-55)58-42-44-60(77-58)70-72-66-52-32-24-28-48-36-38-50-30-26-34-54(64(50)62(48)52)68(66)74(70)46-22-20-18-16-14-12-10-8-6-4-2/h23-44H,3-22,45-46H2,1-2H3. The molecule has 8 aromatic carbocycles. The summed E-state index contributed by atoms with van der Waals surface area (Å²) in [6.45, 7) is 6.55. The highest BCUT2D eigenvalue weighted by atomic mass is 32.1. The third-order valence-electron chi connectivity index (χ3n) is 16.9. The van der Waals surface area contributed by atoms with Gasteiger partial charge in [-0.2, -0.15) is 0 Å². The van der Waals surface area contributed by atoms with Crippen LogP contribution in [-0.4, -0.2) is 19.1 Å². The van der Waals surface area contributed by atoms with E-state index in [4.69, 9.17) is 9.97 Å². The number of rotatable bonds is 26. The Morgan fingerprint density at radius 3 is 0.935 bits per heavy atom. The van der Waals surface area contributed by atoms with Crippen LogP contribution in [-0.2, 0) is 13.1 Å². The van der Waals surface area contributed by atoms with E-state index in [0.29, 0.717) is 0 Å². The quantitative estimate of drug-likeness (QED) is 0.0400. The molecule has 0 aliphatic carbocycles. The fraction of sp³-hybridized carbons (Fsp3) is 0.343. The number of thiophene rings is 3. The second-order valence-corrected chi connectivity index (χ2v) is 25.4. The lowest BCUT2D eigenvalue weighted by Crippen LogP contribution is -2.01. The van der Waals surface area contributed by atoms with Crippen molar-refractivity contribution >= 4 is 121 Å². The third-order valence-corrected chi connectivity index (χ3v) is 20.6. The number of nitrogens with zero attached hydrogens (tertiary/aromatic N) is 4. The number of benzene rings is 8. The fourth-order valence-corrected chi connectivity index (χ4v) is 16.2. The predicted molar refractivity (Wildman–Crippen MR) is 339 cm³/mol. The lowest BCUT2D eigenvalue weighted by Gasteiger charge is -2.14. The zero-order chi connectivity index (χ0) is 51.7. The van der Waals surface area contributed by atoms with Crippen molar-refractivity contribution in [2.75, 3.05) is 0 Å². The summed E-state index contributed by atoms with van der Waals surface area (Å²) in [6, 6.07) is 50.6. The van der Waals surface area contributed by atoms with Gasteiger partial charge in [-0.1, -0.05) is 226 Å². The van der Waals surface area contributed by atoms with Gasteiger partial charge in [-0.3, -0.25) is 0 Å². The van der Waals surface area contributed by atoms with Crippen molar-refractivity contribution in [2.45, 2.75) is 155 Å². The molecule has 0 saturated heterocycles. The van der Waals surface area contributed by atoms with Crippen molar-refractivity contribution in [3.63, 3.8) is 0 Å². The van der Waals surface area contributed by atoms with E-state index in [0.717, 1.165) is 48.6 Å². The number of fused-ring (bicyclic) bond motifs is 6. The first kappa shape index (κ1) is 50.4. The maximum Gasteiger partial charge on any atom is 0.151 e. The number of aryl methyl sites for hydroxylation is 2. The van der Waals surface area contributed by atoms with Crippen molar-refractivity contribution in [1.29, 1.82) is 0 Å². The molecule has 0 atom stereocenters. The highest BCUT2D eigenvalue weighted by Crippen LogP contribution is 2.48. The Hall–Kier alpha value is -6.12. The Morgan fingerprint density at radius 2 is 0.584 bits per heavy atom. The summed E-state index contributed by atoms with van der Waals surface area (Å²) in [5.41, 5.74) is 4.85. The fourth-order valence-electron chi connectivity index (χ4n) is 13.0. The van der Waals surface area contributed by atoms with Crippen LogP contribution in [0, 0.1) is 0 Å². The van der Waals surface area contributed by atoms with Gasteiger partial charge in [0, 0.05) is 54.1 Å². The molecule has 0 unspecified atom stereocenters. The number of aromatic nitrogens is 4. The molecule has 390 valence electrons. The van der Waals surface area contributed by atoms with E-state index in [1.165, 1.54) is 221 Å². The van der Waals surface area contributed by atoms with E-state index in [9.17, 15) is 0 Å². The van der Waals surface area contributed by atoms with Gasteiger partial charge in [-0.15, -0.1) is 34.0 Å². The van der Waals surface area contributed by atoms with Crippen molar-refractivity contribution in [1.82, 2.24) is 19.1 Å². The number of hydrogen-bond donors (Lipinski definition) is 0. The molecule has 0 amide bonds. The van der Waals surface area contributed by atoms with Crippen LogP contribution >= 0.6 is 34.0 Å². The van der Waals surface area contributed by atoms with Crippen molar-refractivity contribution in [3.05, 3.63) is 133 Å². The van der Waals surface area contributed by atoms with Crippen LogP contribution in [0.4, 0.5) is 0 Å². The molecule has 5 aromatic heterocycles. The zero-order valence-corrected chi connectivity index (χ0v) is 47.7. The van der Waals surface area contributed by atoms with E-state index in [1.54, 1.807) is 0 Å². The van der Waals surface area contributed by atoms with Gasteiger partial charge in [0.1, 0.15) is 0 Å². The summed E-state index contributed by atoms with van der Waals surface area (Å²) < 4.78 is 5.20. The van der Waals surface area contributed by atoms with Gasteiger partial charge in [-0.25, -0.2) is 9.97 Å². The van der Waals surface area contributed by atoms with Crippen LogP contribution in [0.15, 0.2) is 133 Å². The molecule has 0 fully saturated rings. The van der Waals surface area contributed by atoms with E-state index in [2.05, 4.69) is 156 Å². The van der Waals surface area contributed by atoms with Crippen molar-refractivity contribution < 1.29 is 0 Å². The molecular formula is C70H72N4S3. The number of unbranched alkanes of at least 4 members (excludes halogenated alkanes) is 18. The molecule has 7 heteroatoms. The molecule has 0 saturated carbocycles. The van der Waals surface area contributed by atoms with Gasteiger partial charge in [0.05, 0.1) is 31.8 Å². The minimum Gasteiger partial charge on any atom is -0.323 e. The van der Waals surface area contributed by atoms with Crippen LogP contribution in [0.5, 0.6) is 0 Å². The minimum absolute atomic E-state index is 0.971. The van der Waals surface area contributed by atoms with Crippen molar-refractivity contribution in [2.24, 2.45) is 0 Å². The van der Waals surface area contributed by atoms with Crippen LogP contribution in [0.1, 0.15) is 142 Å². The second kappa shape index (κ2) is 22.7. The summed E-state index contributed by atoms with van der Waals surface area (Å²) in [5.74, 6) is 2.21. The van der Waals surface area contributed by atoms with Crippen LogP contribution in [0.25, 0.3) is 128 Å². The highest BCUT2D eigenvalue weighted by molar-refractivity contribution is 7.27. The molecule has 13 rings (SSSR count). The molecule has 0 aliphatic rings. The Kier molecular flexibility index (Phi) is 14.8. The maximum atomic E-state index is 5.67. The van der Waals surface area contributed by atoms with Gasteiger partial charge in [-0.05, 0) is 92.3 Å². The maximum absolute atomic E-state index is 5.67. The van der Waals surface area contributed by atoms with E-state index < -0.39 is 0 Å². The molecule has 77 heavy (non-hydrogen) atoms. The van der Waals surface area contributed by atoms with Crippen molar-refractivity contribution in [3.8, 4) is 40.9 Å². The van der Waals surface area contributed by atoms with E-state index in [-0.39, 0.29) is 0 Å². The van der Waals surface area contributed by atoms with Gasteiger partial charge >= 0.3 is 0 Å². The lowest BCUT2D eigenvalue weighted by molar-refractivity contribution is 0.539. The van der Waals surface area contributed by atoms with Crippen LogP contribution in [0.2, 0.25) is 0 Å². The average Bonchev–Trinajstić information content (AvgIpc) is 4.47. The molecule has 0 radical (unpaired) electrons. The Morgan fingerprint density at radius 1 is 0.299 bits per heavy atom. The molecule has 0 bridgehead atoms. The Labute approximate surface area is 466 Å². The summed E-state index contributed by atoms with van der Waals surface area (Å²) in [7, 11) is 0. The first-order chi connectivity index (χ1) is 38.2. The molecule has 4 nitrogen and oxygen atoms in total. The molecular weight excluding hydrogens is 993 g/mol. The van der Waals surface area contributed by atoms with Gasteiger partial charge in [0.2, 0.25) is 0 Å². The monoisotopic (exact) mass is 1060 g/mol. The van der Waals surface area contributed by atoms with Gasteiger partial charge in [0.15, 0.2) is 11.6 Å². The Balaban J connectivity index is 0.805. The summed E-state index contributed by atoms with van der Waals surface area (Å²) >= 11 is 5.71. The highest BCUT2D eigenvalue weighted by Gasteiger charge is 2.25. The first-order valence-corrected chi connectivity index (χ1v) is 32.0. The predicted octanol–water partition coefficient (Wildman–Crippen LogP) is 22.9. The van der Waals surface area contributed by atoms with Gasteiger partial charge in [0.25, 0.3) is 0 Å². The first-order valence-electron chi connectivity index (χ1n) is 29.6. The molecule has 0 spiro atoms. The second-order valence-electron chi connectivity index (χ2n) is 22.2. The molecule has 0 aliphatic heterocycles. The molecule has 5 heterocycles. The normalized spacial score (nSPS) is 12.4. The Bertz CT molecular complexity index is 3860. The van der Waals surface area contributed by atoms with Gasteiger partial charge < -0.3 is 9.13 Å². The molecule has 13 aromatic rings. The summed E-state index contributed by atoms with van der Waals surface area (Å²) in [5, 5.41) is 15.8. The zero-order valence-electron chi connectivity index (χ0n) is 45.3. The number of imidazole rings is 2. The van der Waals surface area contributed by atoms with E-state index in [1.807, 2.05) is 34.0 Å². The largest absolute Gasteiger partial charge is 0.323 e. The molecule has 0 N–H and O–H groups in total. The third kappa shape index (κ3) is 9.63. The minimum atomic E-state index is 0.971.